The summed E-state index contributed by atoms with van der Waals surface area (Å²) in [7, 11) is -1.45. The smallest absolute Gasteiger partial charge is 0.426 e. The summed E-state index contributed by atoms with van der Waals surface area (Å²) in [6, 6.07) is 24.3. The molecule has 3 aromatic rings. The first-order valence-electron chi connectivity index (χ1n) is 8.50. The van der Waals surface area contributed by atoms with Crippen LogP contribution in [0.25, 0.3) is 16.3 Å². The molecule has 0 saturated carbocycles. The van der Waals surface area contributed by atoms with E-state index in [2.05, 4.69) is 36.4 Å². The van der Waals surface area contributed by atoms with Gasteiger partial charge in [-0.25, -0.2) is 0 Å². The second kappa shape index (κ2) is 6.36. The molecule has 25 heavy (non-hydrogen) atoms. The molecule has 0 heterocycles. The third kappa shape index (κ3) is 2.72. The van der Waals surface area contributed by atoms with Crippen molar-refractivity contribution in [3.05, 3.63) is 102 Å². The monoisotopic (exact) mass is 326 g/mol. The van der Waals surface area contributed by atoms with Crippen LogP contribution in [0.2, 0.25) is 0 Å². The zero-order valence-electron chi connectivity index (χ0n) is 13.8. The van der Waals surface area contributed by atoms with E-state index >= 15 is 0 Å². The molecular formula is C22H19BO2. The summed E-state index contributed by atoms with van der Waals surface area (Å²) in [4.78, 5) is 0. The fourth-order valence-electron chi connectivity index (χ4n) is 3.63. The van der Waals surface area contributed by atoms with Crippen molar-refractivity contribution in [1.29, 1.82) is 0 Å². The summed E-state index contributed by atoms with van der Waals surface area (Å²) < 4.78 is 0. The van der Waals surface area contributed by atoms with Gasteiger partial charge in [-0.15, -0.1) is 0 Å². The second-order valence-corrected chi connectivity index (χ2v) is 6.50. The van der Waals surface area contributed by atoms with Crippen LogP contribution in [-0.2, 0) is 5.31 Å². The molecule has 0 aromatic heterocycles. The van der Waals surface area contributed by atoms with Gasteiger partial charge in [0.2, 0.25) is 0 Å². The predicted octanol–water partition coefficient (Wildman–Crippen LogP) is 4.13. The van der Waals surface area contributed by atoms with E-state index in [1.54, 1.807) is 0 Å². The Morgan fingerprint density at radius 2 is 1.52 bits per heavy atom. The second-order valence-electron chi connectivity index (χ2n) is 6.50. The van der Waals surface area contributed by atoms with Crippen LogP contribution in [0.15, 0.2) is 91.0 Å². The summed E-state index contributed by atoms with van der Waals surface area (Å²) in [5.41, 5.74) is 3.20. The van der Waals surface area contributed by atoms with Gasteiger partial charge in [0.05, 0.1) is 5.31 Å². The average Bonchev–Trinajstić information content (AvgIpc) is 2.68. The van der Waals surface area contributed by atoms with Crippen LogP contribution in [0, 0.1) is 0 Å². The number of allylic oxidation sites excluding steroid dienone is 4. The minimum atomic E-state index is -1.45. The van der Waals surface area contributed by atoms with E-state index in [4.69, 9.17) is 0 Å². The largest absolute Gasteiger partial charge is 0.467 e. The summed E-state index contributed by atoms with van der Waals surface area (Å²) in [5.74, 6) is 0. The fourth-order valence-corrected chi connectivity index (χ4v) is 3.63. The van der Waals surface area contributed by atoms with Crippen LogP contribution in [0.4, 0.5) is 0 Å². The van der Waals surface area contributed by atoms with Crippen molar-refractivity contribution >= 4 is 23.5 Å². The lowest BCUT2D eigenvalue weighted by Gasteiger charge is -2.32. The molecule has 3 heteroatoms. The first kappa shape index (κ1) is 15.9. The maximum atomic E-state index is 10.1. The van der Waals surface area contributed by atoms with Gasteiger partial charge < -0.3 is 10.0 Å². The molecule has 1 atom stereocenters. The van der Waals surface area contributed by atoms with Crippen LogP contribution in [0.1, 0.15) is 17.5 Å². The first-order valence-corrected chi connectivity index (χ1v) is 8.50. The Balaban J connectivity index is 1.76. The Kier molecular flexibility index (Phi) is 4.04. The minimum absolute atomic E-state index is 0.545. The minimum Gasteiger partial charge on any atom is -0.426 e. The van der Waals surface area contributed by atoms with Crippen LogP contribution in [-0.4, -0.2) is 17.2 Å². The first-order chi connectivity index (χ1) is 12.2. The third-order valence-electron chi connectivity index (χ3n) is 5.09. The zero-order valence-corrected chi connectivity index (χ0v) is 13.8. The van der Waals surface area contributed by atoms with Crippen molar-refractivity contribution in [2.75, 3.05) is 0 Å². The number of hydrogen-bond donors (Lipinski definition) is 2. The van der Waals surface area contributed by atoms with Crippen LogP contribution in [0.5, 0.6) is 0 Å². The molecule has 1 aliphatic carbocycles. The number of fused-ring (bicyclic) bond motifs is 1. The third-order valence-corrected chi connectivity index (χ3v) is 5.09. The van der Waals surface area contributed by atoms with Gasteiger partial charge in [0.15, 0.2) is 0 Å². The molecule has 0 amide bonds. The molecule has 0 radical (unpaired) electrons. The average molecular weight is 326 g/mol. The lowest BCUT2D eigenvalue weighted by atomic mass is 9.51. The Morgan fingerprint density at radius 3 is 2.24 bits per heavy atom. The van der Waals surface area contributed by atoms with Crippen molar-refractivity contribution in [2.45, 2.75) is 11.7 Å². The van der Waals surface area contributed by atoms with Crippen LogP contribution < -0.4 is 0 Å². The Labute approximate surface area is 147 Å². The van der Waals surface area contributed by atoms with Crippen molar-refractivity contribution < 1.29 is 10.0 Å². The van der Waals surface area contributed by atoms with E-state index in [0.717, 1.165) is 11.1 Å². The number of benzene rings is 3. The van der Waals surface area contributed by atoms with Crippen molar-refractivity contribution in [3.63, 3.8) is 0 Å². The summed E-state index contributed by atoms with van der Waals surface area (Å²) in [5, 5.41) is 21.8. The molecule has 0 saturated heterocycles. The maximum Gasteiger partial charge on any atom is 0.467 e. The highest BCUT2D eigenvalue weighted by molar-refractivity contribution is 6.46. The molecule has 2 nitrogen and oxygen atoms in total. The molecule has 122 valence electrons. The van der Waals surface area contributed by atoms with Gasteiger partial charge in [-0.3, -0.25) is 0 Å². The topological polar surface area (TPSA) is 40.5 Å². The molecule has 0 aliphatic heterocycles. The van der Waals surface area contributed by atoms with Crippen LogP contribution >= 0.6 is 0 Å². The van der Waals surface area contributed by atoms with E-state index in [0.29, 0.717) is 6.42 Å². The SMILES string of the molecule is OB(O)[C@]1(c2ccccc2)C=CC(c2cccc3ccccc23)=CC1. The molecule has 0 bridgehead atoms. The van der Waals surface area contributed by atoms with E-state index in [1.165, 1.54) is 16.3 Å². The quantitative estimate of drug-likeness (QED) is 0.711. The summed E-state index contributed by atoms with van der Waals surface area (Å²) in [6.07, 6.45) is 6.60. The summed E-state index contributed by atoms with van der Waals surface area (Å²) in [6.45, 7) is 0. The molecule has 0 fully saturated rings. The van der Waals surface area contributed by atoms with Gasteiger partial charge in [0, 0.05) is 0 Å². The highest BCUT2D eigenvalue weighted by Gasteiger charge is 2.41. The molecule has 2 N–H and O–H groups in total. The Morgan fingerprint density at radius 1 is 0.800 bits per heavy atom. The molecule has 0 unspecified atom stereocenters. The molecule has 1 aliphatic rings. The van der Waals surface area contributed by atoms with Crippen molar-refractivity contribution in [2.24, 2.45) is 0 Å². The summed E-state index contributed by atoms with van der Waals surface area (Å²) >= 11 is 0. The molecule has 4 rings (SSSR count). The van der Waals surface area contributed by atoms with Crippen LogP contribution in [0.3, 0.4) is 0 Å². The van der Waals surface area contributed by atoms with Gasteiger partial charge in [-0.2, -0.15) is 0 Å². The normalized spacial score (nSPS) is 19.7. The van der Waals surface area contributed by atoms with E-state index in [1.807, 2.05) is 54.6 Å². The highest BCUT2D eigenvalue weighted by atomic mass is 16.4. The number of hydrogen-bond acceptors (Lipinski definition) is 2. The van der Waals surface area contributed by atoms with Crippen molar-refractivity contribution in [3.8, 4) is 0 Å². The van der Waals surface area contributed by atoms with Gasteiger partial charge in [0.25, 0.3) is 0 Å². The van der Waals surface area contributed by atoms with E-state index in [-0.39, 0.29) is 0 Å². The van der Waals surface area contributed by atoms with E-state index < -0.39 is 12.4 Å². The standard InChI is InChI=1S/C22H19BO2/c24-23(25)22(19-9-2-1-3-10-19)15-13-18(14-16-22)21-12-6-8-17-7-4-5-11-20(17)21/h1-15,24-25H,16H2/t22-/m1/s1. The number of rotatable bonds is 3. The zero-order chi connectivity index (χ0) is 17.3. The highest BCUT2D eigenvalue weighted by Crippen LogP contribution is 2.38. The van der Waals surface area contributed by atoms with Gasteiger partial charge >= 0.3 is 7.12 Å². The van der Waals surface area contributed by atoms with Gasteiger partial charge in [-0.1, -0.05) is 91.0 Å². The van der Waals surface area contributed by atoms with Gasteiger partial charge in [-0.05, 0) is 33.9 Å². The maximum absolute atomic E-state index is 10.1. The predicted molar refractivity (Wildman–Crippen MR) is 104 cm³/mol. The molecule has 3 aromatic carbocycles. The lowest BCUT2D eigenvalue weighted by Crippen LogP contribution is -2.42. The Hall–Kier alpha value is -2.62. The van der Waals surface area contributed by atoms with Crippen molar-refractivity contribution in [1.82, 2.24) is 0 Å². The Bertz CT molecular complexity index is 955. The molecular weight excluding hydrogens is 307 g/mol. The fraction of sp³-hybridized carbons (Fsp3) is 0.0909. The van der Waals surface area contributed by atoms with Gasteiger partial charge in [0.1, 0.15) is 0 Å². The van der Waals surface area contributed by atoms with E-state index in [9.17, 15) is 10.0 Å². The molecule has 0 spiro atoms. The lowest BCUT2D eigenvalue weighted by molar-refractivity contribution is 0.363.